The SMILES string of the molecule is Cc1oc2ccc(OCC(=O)[O-])cc2c1C(=O)[O-]. The van der Waals surface area contributed by atoms with Crippen LogP contribution in [-0.2, 0) is 4.79 Å². The van der Waals surface area contributed by atoms with E-state index in [-0.39, 0.29) is 17.1 Å². The maximum absolute atomic E-state index is 11.0. The molecule has 0 amide bonds. The molecule has 0 bridgehead atoms. The Hall–Kier alpha value is -2.50. The first-order chi connectivity index (χ1) is 8.49. The van der Waals surface area contributed by atoms with E-state index in [1.54, 1.807) is 0 Å². The minimum absolute atomic E-state index is 0.0658. The number of furan rings is 1. The van der Waals surface area contributed by atoms with Crippen LogP contribution in [-0.4, -0.2) is 18.5 Å². The van der Waals surface area contributed by atoms with Crippen LogP contribution in [0.2, 0.25) is 0 Å². The van der Waals surface area contributed by atoms with Crippen LogP contribution in [0.5, 0.6) is 5.75 Å². The molecule has 2 rings (SSSR count). The monoisotopic (exact) mass is 248 g/mol. The first-order valence-electron chi connectivity index (χ1n) is 5.06. The minimum Gasteiger partial charge on any atom is -0.546 e. The molecule has 0 aliphatic carbocycles. The number of rotatable bonds is 4. The summed E-state index contributed by atoms with van der Waals surface area (Å²) in [6.45, 7) is 0.899. The van der Waals surface area contributed by atoms with E-state index in [0.29, 0.717) is 11.0 Å². The summed E-state index contributed by atoms with van der Waals surface area (Å²) in [5.41, 5.74) is 0.302. The van der Waals surface area contributed by atoms with Crippen molar-refractivity contribution in [3.8, 4) is 5.75 Å². The molecule has 0 atom stereocenters. The van der Waals surface area contributed by atoms with Gasteiger partial charge in [-0.05, 0) is 25.1 Å². The molecule has 1 heterocycles. The predicted octanol–water partition coefficient (Wildman–Crippen LogP) is -0.767. The number of aryl methyl sites for hydroxylation is 1. The quantitative estimate of drug-likeness (QED) is 0.704. The average molecular weight is 248 g/mol. The van der Waals surface area contributed by atoms with Crippen LogP contribution in [0.3, 0.4) is 0 Å². The van der Waals surface area contributed by atoms with E-state index < -0.39 is 18.5 Å². The number of benzene rings is 1. The topological polar surface area (TPSA) is 103 Å². The molecule has 6 heteroatoms. The van der Waals surface area contributed by atoms with Gasteiger partial charge in [0.15, 0.2) is 0 Å². The number of ether oxygens (including phenoxy) is 1. The van der Waals surface area contributed by atoms with Crippen molar-refractivity contribution >= 4 is 22.9 Å². The maximum Gasteiger partial charge on any atom is 0.135 e. The highest BCUT2D eigenvalue weighted by molar-refractivity contribution is 6.03. The lowest BCUT2D eigenvalue weighted by molar-refractivity contribution is -0.307. The molecule has 0 spiro atoms. The van der Waals surface area contributed by atoms with E-state index in [1.165, 1.54) is 25.1 Å². The fourth-order valence-electron chi connectivity index (χ4n) is 1.68. The largest absolute Gasteiger partial charge is 0.546 e. The molecule has 6 nitrogen and oxygen atoms in total. The van der Waals surface area contributed by atoms with Crippen molar-refractivity contribution in [2.45, 2.75) is 6.92 Å². The zero-order valence-electron chi connectivity index (χ0n) is 9.39. The number of hydrogen-bond donors (Lipinski definition) is 0. The summed E-state index contributed by atoms with van der Waals surface area (Å²) in [4.78, 5) is 21.2. The number of carboxylic acids is 2. The van der Waals surface area contributed by atoms with Gasteiger partial charge >= 0.3 is 0 Å². The van der Waals surface area contributed by atoms with Crippen molar-refractivity contribution in [3.63, 3.8) is 0 Å². The molecule has 0 unspecified atom stereocenters. The predicted molar refractivity (Wildman–Crippen MR) is 55.8 cm³/mol. The number of aromatic carboxylic acids is 1. The molecular weight excluding hydrogens is 240 g/mol. The lowest BCUT2D eigenvalue weighted by Gasteiger charge is -2.06. The van der Waals surface area contributed by atoms with Gasteiger partial charge in [-0.25, -0.2) is 0 Å². The molecule has 1 aromatic carbocycles. The van der Waals surface area contributed by atoms with Crippen LogP contribution >= 0.6 is 0 Å². The first kappa shape index (κ1) is 12.0. The second-order valence-corrected chi connectivity index (χ2v) is 3.64. The molecule has 0 aliphatic heterocycles. The Labute approximate surface area is 101 Å². The van der Waals surface area contributed by atoms with Crippen molar-refractivity contribution in [2.24, 2.45) is 0 Å². The Morgan fingerprint density at radius 3 is 2.67 bits per heavy atom. The molecule has 1 aromatic heterocycles. The summed E-state index contributed by atoms with van der Waals surface area (Å²) in [5, 5.41) is 21.5. The Balaban J connectivity index is 2.45. The molecule has 0 radical (unpaired) electrons. The maximum atomic E-state index is 11.0. The Morgan fingerprint density at radius 2 is 2.06 bits per heavy atom. The molecule has 0 N–H and O–H groups in total. The summed E-state index contributed by atoms with van der Waals surface area (Å²) in [7, 11) is 0. The Bertz CT molecular complexity index is 625. The summed E-state index contributed by atoms with van der Waals surface area (Å²) in [6, 6.07) is 4.37. The normalized spacial score (nSPS) is 10.5. The van der Waals surface area contributed by atoms with Crippen molar-refractivity contribution in [2.75, 3.05) is 6.61 Å². The van der Waals surface area contributed by atoms with Crippen LogP contribution in [0.1, 0.15) is 16.1 Å². The first-order valence-corrected chi connectivity index (χ1v) is 5.06. The van der Waals surface area contributed by atoms with Gasteiger partial charge in [-0.15, -0.1) is 0 Å². The van der Waals surface area contributed by atoms with Crippen molar-refractivity contribution in [3.05, 3.63) is 29.5 Å². The fraction of sp³-hybridized carbons (Fsp3) is 0.167. The zero-order valence-corrected chi connectivity index (χ0v) is 9.39. The minimum atomic E-state index is -1.36. The van der Waals surface area contributed by atoms with E-state index in [1.807, 2.05) is 0 Å². The third-order valence-electron chi connectivity index (χ3n) is 2.40. The van der Waals surface area contributed by atoms with Gasteiger partial charge in [-0.2, -0.15) is 0 Å². The standard InChI is InChI=1S/C12H10O6/c1-6-11(12(15)16)8-4-7(17-5-10(13)14)2-3-9(8)18-6/h2-4H,5H2,1H3,(H,13,14)(H,15,16)/p-2. The van der Waals surface area contributed by atoms with Gasteiger partial charge in [0.05, 0.1) is 11.9 Å². The van der Waals surface area contributed by atoms with Crippen LogP contribution in [0.15, 0.2) is 22.6 Å². The van der Waals surface area contributed by atoms with Crippen LogP contribution in [0.4, 0.5) is 0 Å². The highest BCUT2D eigenvalue weighted by Gasteiger charge is 2.12. The van der Waals surface area contributed by atoms with Gasteiger partial charge in [0.25, 0.3) is 0 Å². The number of hydrogen-bond acceptors (Lipinski definition) is 6. The van der Waals surface area contributed by atoms with Crippen molar-refractivity contribution in [1.82, 2.24) is 0 Å². The lowest BCUT2D eigenvalue weighted by Crippen LogP contribution is -2.28. The van der Waals surface area contributed by atoms with E-state index in [4.69, 9.17) is 9.15 Å². The van der Waals surface area contributed by atoms with Gasteiger partial charge in [-0.1, -0.05) is 0 Å². The second-order valence-electron chi connectivity index (χ2n) is 3.64. The van der Waals surface area contributed by atoms with E-state index in [9.17, 15) is 19.8 Å². The fourth-order valence-corrected chi connectivity index (χ4v) is 1.68. The summed E-state index contributed by atoms with van der Waals surface area (Å²) >= 11 is 0. The van der Waals surface area contributed by atoms with Gasteiger partial charge in [0, 0.05) is 10.9 Å². The molecule has 0 aliphatic rings. The summed E-state index contributed by atoms with van der Waals surface area (Å²) in [5.74, 6) is -2.28. The number of carbonyl (C=O) groups is 2. The summed E-state index contributed by atoms with van der Waals surface area (Å²) < 4.78 is 10.1. The number of carbonyl (C=O) groups excluding carboxylic acids is 2. The molecule has 94 valence electrons. The van der Waals surface area contributed by atoms with Crippen LogP contribution < -0.4 is 14.9 Å². The third kappa shape index (κ3) is 2.13. The van der Waals surface area contributed by atoms with Gasteiger partial charge in [-0.3, -0.25) is 0 Å². The number of aliphatic carboxylic acids is 1. The van der Waals surface area contributed by atoms with Gasteiger partial charge in [0.1, 0.15) is 23.7 Å². The smallest absolute Gasteiger partial charge is 0.135 e. The van der Waals surface area contributed by atoms with Crippen LogP contribution in [0, 0.1) is 6.92 Å². The van der Waals surface area contributed by atoms with E-state index in [2.05, 4.69) is 0 Å². The molecule has 2 aromatic rings. The zero-order chi connectivity index (χ0) is 13.3. The number of carboxylic acid groups (broad SMARTS) is 2. The highest BCUT2D eigenvalue weighted by Crippen LogP contribution is 2.28. The molecule has 0 saturated heterocycles. The van der Waals surface area contributed by atoms with Gasteiger partial charge in [0.2, 0.25) is 0 Å². The summed E-state index contributed by atoms with van der Waals surface area (Å²) in [6.07, 6.45) is 0. The van der Waals surface area contributed by atoms with Crippen molar-refractivity contribution < 1.29 is 29.0 Å². The second kappa shape index (κ2) is 4.40. The van der Waals surface area contributed by atoms with Crippen LogP contribution in [0.25, 0.3) is 11.0 Å². The molecule has 0 fully saturated rings. The third-order valence-corrected chi connectivity index (χ3v) is 2.40. The average Bonchev–Trinajstić information content (AvgIpc) is 2.61. The van der Waals surface area contributed by atoms with Gasteiger partial charge < -0.3 is 29.0 Å². The highest BCUT2D eigenvalue weighted by atomic mass is 16.5. The Kier molecular flexibility index (Phi) is 2.93. The van der Waals surface area contributed by atoms with Crippen molar-refractivity contribution in [1.29, 1.82) is 0 Å². The molecule has 0 saturated carbocycles. The molecular formula is C12H8O6-2. The Morgan fingerprint density at radius 1 is 1.33 bits per heavy atom. The lowest BCUT2D eigenvalue weighted by atomic mass is 10.1. The van der Waals surface area contributed by atoms with E-state index >= 15 is 0 Å². The number of fused-ring (bicyclic) bond motifs is 1. The van der Waals surface area contributed by atoms with E-state index in [0.717, 1.165) is 0 Å². The molecule has 18 heavy (non-hydrogen) atoms.